The molecular weight excluding hydrogens is 553 g/mol. The number of aliphatic hydroxyl groups is 1. The van der Waals surface area contributed by atoms with E-state index in [1.807, 2.05) is 0 Å². The van der Waals surface area contributed by atoms with Gasteiger partial charge in [0.1, 0.15) is 5.78 Å². The zero-order valence-electron chi connectivity index (χ0n) is 25.6. The number of alkyl halides is 5. The molecule has 0 radical (unpaired) electrons. The van der Waals surface area contributed by atoms with Crippen LogP contribution in [0.5, 0.6) is 0 Å². The first kappa shape index (κ1) is 33.6. The van der Waals surface area contributed by atoms with Crippen LogP contribution in [0.3, 0.4) is 0 Å². The maximum absolute atomic E-state index is 12.9. The van der Waals surface area contributed by atoms with Gasteiger partial charge in [0.15, 0.2) is 0 Å². The molecule has 4 fully saturated rings. The number of ketones is 1. The molecule has 4 rings (SSSR count). The summed E-state index contributed by atoms with van der Waals surface area (Å²) < 4.78 is 62.5. The lowest BCUT2D eigenvalue weighted by Crippen LogP contribution is -2.57. The van der Waals surface area contributed by atoms with Crippen molar-refractivity contribution in [3.63, 3.8) is 0 Å². The highest BCUT2D eigenvalue weighted by atomic mass is 19.4. The van der Waals surface area contributed by atoms with E-state index in [1.165, 1.54) is 12.8 Å². The molecule has 9 heteroatoms. The van der Waals surface area contributed by atoms with Gasteiger partial charge in [0.25, 0.3) is 0 Å². The first-order valence-electron chi connectivity index (χ1n) is 16.6. The van der Waals surface area contributed by atoms with Crippen molar-refractivity contribution in [2.75, 3.05) is 6.54 Å². The minimum absolute atomic E-state index is 0.0170. The first-order chi connectivity index (χ1) is 19.7. The maximum atomic E-state index is 12.9. The molecule has 4 aliphatic carbocycles. The number of hydrogen-bond donors (Lipinski definition) is 2. The van der Waals surface area contributed by atoms with E-state index in [0.29, 0.717) is 41.9 Å². The Balaban J connectivity index is 1.16. The van der Waals surface area contributed by atoms with Crippen molar-refractivity contribution >= 4 is 11.7 Å². The summed E-state index contributed by atoms with van der Waals surface area (Å²) in [6, 6.07) is 0. The number of amides is 1. The molecule has 0 saturated heterocycles. The molecule has 4 nitrogen and oxygen atoms in total. The molecule has 42 heavy (non-hydrogen) atoms. The molecule has 242 valence electrons. The number of carbonyl (C=O) groups excluding carboxylic acids is 2. The maximum Gasteiger partial charge on any atom is 0.453 e. The fourth-order valence-electron chi connectivity index (χ4n) is 9.87. The van der Waals surface area contributed by atoms with Crippen molar-refractivity contribution in [2.45, 2.75) is 148 Å². The zero-order chi connectivity index (χ0) is 30.8. The van der Waals surface area contributed by atoms with Gasteiger partial charge in [0.2, 0.25) is 5.91 Å². The minimum Gasteiger partial charge on any atom is -0.393 e. The third kappa shape index (κ3) is 7.17. The second kappa shape index (κ2) is 13.4. The van der Waals surface area contributed by atoms with Gasteiger partial charge in [-0.15, -0.1) is 0 Å². The van der Waals surface area contributed by atoms with E-state index in [1.54, 1.807) is 0 Å². The van der Waals surface area contributed by atoms with Crippen molar-refractivity contribution in [1.29, 1.82) is 0 Å². The Labute approximate surface area is 248 Å². The number of aliphatic hydroxyl groups excluding tert-OH is 1. The van der Waals surface area contributed by atoms with E-state index >= 15 is 0 Å². The summed E-state index contributed by atoms with van der Waals surface area (Å²) in [5, 5.41) is 13.7. The Morgan fingerprint density at radius 2 is 1.62 bits per heavy atom. The molecule has 0 bridgehead atoms. The van der Waals surface area contributed by atoms with Crippen LogP contribution in [0.25, 0.3) is 0 Å². The number of nitrogens with one attached hydrogen (secondary N) is 1. The van der Waals surface area contributed by atoms with E-state index in [0.717, 1.165) is 83.5 Å². The van der Waals surface area contributed by atoms with Gasteiger partial charge in [-0.05, 0) is 91.8 Å². The van der Waals surface area contributed by atoms with Crippen molar-refractivity contribution < 1.29 is 36.6 Å². The van der Waals surface area contributed by atoms with E-state index in [9.17, 15) is 36.6 Å². The van der Waals surface area contributed by atoms with Gasteiger partial charge in [0, 0.05) is 32.2 Å². The number of rotatable bonds is 13. The molecule has 0 aromatic carbocycles. The zero-order valence-corrected chi connectivity index (χ0v) is 25.6. The topological polar surface area (TPSA) is 66.4 Å². The summed E-state index contributed by atoms with van der Waals surface area (Å²) in [6.45, 7) is 5.23. The number of fused-ring (bicyclic) bond motifs is 5. The summed E-state index contributed by atoms with van der Waals surface area (Å²) in [6.07, 6.45) is 7.33. The van der Waals surface area contributed by atoms with Crippen LogP contribution in [-0.4, -0.2) is 41.5 Å². The lowest BCUT2D eigenvalue weighted by Gasteiger charge is -2.62. The number of carbonyl (C=O) groups is 2. The average Bonchev–Trinajstić information content (AvgIpc) is 3.20. The molecule has 0 heterocycles. The van der Waals surface area contributed by atoms with Crippen molar-refractivity contribution in [1.82, 2.24) is 5.32 Å². The van der Waals surface area contributed by atoms with Crippen LogP contribution in [0.2, 0.25) is 0 Å². The smallest absolute Gasteiger partial charge is 0.393 e. The molecule has 3 unspecified atom stereocenters. The summed E-state index contributed by atoms with van der Waals surface area (Å²) in [4.78, 5) is 24.1. The normalized spacial score (nSPS) is 36.7. The number of hydrogen-bond acceptors (Lipinski definition) is 3. The van der Waals surface area contributed by atoms with Crippen LogP contribution < -0.4 is 5.32 Å². The third-order valence-electron chi connectivity index (χ3n) is 12.1. The molecule has 4 saturated carbocycles. The number of Topliss-reactive ketones (excluding diaryl/α,β-unsaturated/α-hetero) is 1. The Hall–Kier alpha value is -1.25. The minimum atomic E-state index is -5.57. The van der Waals surface area contributed by atoms with Crippen LogP contribution in [-0.2, 0) is 9.59 Å². The van der Waals surface area contributed by atoms with Crippen LogP contribution in [0.15, 0.2) is 0 Å². The predicted molar refractivity (Wildman–Crippen MR) is 152 cm³/mol. The van der Waals surface area contributed by atoms with Crippen LogP contribution in [0, 0.1) is 40.4 Å². The first-order valence-corrected chi connectivity index (χ1v) is 16.6. The molecule has 0 spiro atoms. The second-order valence-electron chi connectivity index (χ2n) is 14.7. The SMILES string of the molecule is C[C@]12CCC(=O)CC1CC[C@@H]1[C@H]2C(CCCCCCCCNC(=O)CCCC(F)(F)C(F)(F)F)C[C@]2(C)C(O)CC[C@@H]12. The van der Waals surface area contributed by atoms with Gasteiger partial charge in [0.05, 0.1) is 6.10 Å². The lowest BCUT2D eigenvalue weighted by molar-refractivity contribution is -0.284. The fourth-order valence-corrected chi connectivity index (χ4v) is 9.87. The van der Waals surface area contributed by atoms with Gasteiger partial charge in [-0.25, -0.2) is 0 Å². The van der Waals surface area contributed by atoms with Gasteiger partial charge < -0.3 is 10.4 Å². The molecule has 0 aliphatic heterocycles. The lowest BCUT2D eigenvalue weighted by atomic mass is 9.42. The van der Waals surface area contributed by atoms with E-state index in [-0.39, 0.29) is 23.4 Å². The van der Waals surface area contributed by atoms with Crippen molar-refractivity contribution in [3.8, 4) is 0 Å². The Bertz CT molecular complexity index is 941. The molecular formula is C33H52F5NO3. The van der Waals surface area contributed by atoms with Crippen LogP contribution in [0.4, 0.5) is 22.0 Å². The highest BCUT2D eigenvalue weighted by molar-refractivity contribution is 5.79. The largest absolute Gasteiger partial charge is 0.453 e. The Kier molecular flexibility index (Phi) is 10.7. The highest BCUT2D eigenvalue weighted by Crippen LogP contribution is 2.68. The van der Waals surface area contributed by atoms with Crippen LogP contribution in [0.1, 0.15) is 129 Å². The van der Waals surface area contributed by atoms with Gasteiger partial charge in [-0.2, -0.15) is 22.0 Å². The van der Waals surface area contributed by atoms with Gasteiger partial charge in [-0.1, -0.05) is 52.4 Å². The van der Waals surface area contributed by atoms with Crippen LogP contribution >= 0.6 is 0 Å². The summed E-state index contributed by atoms with van der Waals surface area (Å²) in [7, 11) is 0. The van der Waals surface area contributed by atoms with E-state index in [4.69, 9.17) is 0 Å². The van der Waals surface area contributed by atoms with Gasteiger partial charge >= 0.3 is 12.1 Å². The summed E-state index contributed by atoms with van der Waals surface area (Å²) >= 11 is 0. The molecule has 0 aromatic heterocycles. The highest BCUT2D eigenvalue weighted by Gasteiger charge is 2.62. The molecule has 4 aliphatic rings. The number of unbranched alkanes of at least 4 members (excludes halogenated alkanes) is 5. The fraction of sp³-hybridized carbons (Fsp3) is 0.939. The van der Waals surface area contributed by atoms with E-state index < -0.39 is 30.8 Å². The number of halogens is 5. The Morgan fingerprint density at radius 3 is 2.33 bits per heavy atom. The average molecular weight is 606 g/mol. The van der Waals surface area contributed by atoms with Crippen molar-refractivity contribution in [3.05, 3.63) is 0 Å². The van der Waals surface area contributed by atoms with Gasteiger partial charge in [-0.3, -0.25) is 9.59 Å². The molecule has 2 N–H and O–H groups in total. The quantitative estimate of drug-likeness (QED) is 0.164. The molecule has 1 amide bonds. The molecule has 0 aromatic rings. The summed E-state index contributed by atoms with van der Waals surface area (Å²) in [5.41, 5.74) is 0.253. The Morgan fingerprint density at radius 1 is 0.929 bits per heavy atom. The van der Waals surface area contributed by atoms with E-state index in [2.05, 4.69) is 19.2 Å². The molecule has 8 atom stereocenters. The predicted octanol–water partition coefficient (Wildman–Crippen LogP) is 8.40. The summed E-state index contributed by atoms with van der Waals surface area (Å²) in [5.74, 6) is -1.77. The third-order valence-corrected chi connectivity index (χ3v) is 12.1. The second-order valence-corrected chi connectivity index (χ2v) is 14.7. The van der Waals surface area contributed by atoms with Crippen molar-refractivity contribution in [2.24, 2.45) is 40.4 Å². The standard InChI is InChI=1S/C33H52F5NO3/c1-30-18-16-24(40)20-23(30)12-13-25-26-14-15-27(41)31(26,2)21-22(29(25)30)10-7-5-3-4-6-8-19-39-28(42)11-9-17-32(34,35)33(36,37)38/h22-23,25-27,29,41H,3-21H2,1-2H3,(H,39,42)/t22?,23?,25-,26-,27?,29+,30-,31-/m0/s1. The monoisotopic (exact) mass is 605 g/mol.